The fraction of sp³-hybridized carbons (Fsp3) is 0.294. The fourth-order valence-corrected chi connectivity index (χ4v) is 3.39. The molecule has 1 aliphatic heterocycles. The van der Waals surface area contributed by atoms with Crippen LogP contribution in [0.2, 0.25) is 5.02 Å². The monoisotopic (exact) mass is 373 g/mol. The molecule has 8 nitrogen and oxygen atoms in total. The number of fused-ring (bicyclic) bond motifs is 1. The maximum Gasteiger partial charge on any atom is 0.332 e. The number of imidazole rings is 1. The van der Waals surface area contributed by atoms with Crippen molar-refractivity contribution in [3.05, 3.63) is 62.0 Å². The van der Waals surface area contributed by atoms with Crippen molar-refractivity contribution in [1.82, 2.24) is 18.7 Å². The van der Waals surface area contributed by atoms with Crippen molar-refractivity contribution in [3.8, 4) is 0 Å². The van der Waals surface area contributed by atoms with E-state index in [0.717, 1.165) is 5.56 Å². The molecule has 4 rings (SSSR count). The van der Waals surface area contributed by atoms with Crippen LogP contribution in [-0.2, 0) is 25.5 Å². The van der Waals surface area contributed by atoms with Crippen LogP contribution in [-0.4, -0.2) is 30.5 Å². The van der Waals surface area contributed by atoms with Crippen molar-refractivity contribution in [2.45, 2.75) is 19.1 Å². The number of aryl methyl sites for hydroxylation is 2. The average molecular weight is 374 g/mol. The molecule has 1 atom stereocenters. The minimum atomic E-state index is -0.434. The van der Waals surface area contributed by atoms with Crippen molar-refractivity contribution in [3.63, 3.8) is 0 Å². The van der Waals surface area contributed by atoms with Gasteiger partial charge in [-0.25, -0.2) is 9.78 Å². The standard InChI is InChI=1S/C17H16ClN5O3/c1-21-9-19-15-14(21)16(24)23(17(25)22(15)2)8-10-7-13(20-26-10)11-5-3-4-6-12(11)18/h3-6,9-10H,7-8H2,1-2H3/t10-/m0/s1. The van der Waals surface area contributed by atoms with Crippen molar-refractivity contribution >= 4 is 28.5 Å². The third-order valence-corrected chi connectivity index (χ3v) is 4.83. The van der Waals surface area contributed by atoms with Crippen LogP contribution in [0.4, 0.5) is 0 Å². The first-order chi connectivity index (χ1) is 12.5. The molecular formula is C17H16ClN5O3. The van der Waals surface area contributed by atoms with Crippen molar-refractivity contribution < 1.29 is 4.84 Å². The van der Waals surface area contributed by atoms with E-state index in [2.05, 4.69) is 10.1 Å². The number of aromatic nitrogens is 4. The third kappa shape index (κ3) is 2.53. The van der Waals surface area contributed by atoms with E-state index < -0.39 is 17.4 Å². The Bertz CT molecular complexity index is 1160. The average Bonchev–Trinajstić information content (AvgIpc) is 3.24. The van der Waals surface area contributed by atoms with E-state index >= 15 is 0 Å². The Kier molecular flexibility index (Phi) is 3.91. The molecule has 0 N–H and O–H groups in total. The first kappa shape index (κ1) is 16.6. The molecule has 3 heterocycles. The number of oxime groups is 1. The number of hydrogen-bond acceptors (Lipinski definition) is 5. The first-order valence-corrected chi connectivity index (χ1v) is 8.43. The number of rotatable bonds is 3. The molecule has 0 unspecified atom stereocenters. The van der Waals surface area contributed by atoms with Gasteiger partial charge in [0, 0.05) is 31.1 Å². The van der Waals surface area contributed by atoms with Crippen LogP contribution in [0, 0.1) is 0 Å². The van der Waals surface area contributed by atoms with E-state index in [1.54, 1.807) is 24.7 Å². The third-order valence-electron chi connectivity index (χ3n) is 4.50. The van der Waals surface area contributed by atoms with Crippen LogP contribution >= 0.6 is 11.6 Å². The second kappa shape index (κ2) is 6.14. The highest BCUT2D eigenvalue weighted by molar-refractivity contribution is 6.34. The molecule has 1 aliphatic rings. The normalized spacial score (nSPS) is 16.7. The van der Waals surface area contributed by atoms with Gasteiger partial charge in [-0.3, -0.25) is 13.9 Å². The molecule has 0 saturated carbocycles. The topological polar surface area (TPSA) is 83.4 Å². The number of hydrogen-bond donors (Lipinski definition) is 0. The van der Waals surface area contributed by atoms with Crippen molar-refractivity contribution in [1.29, 1.82) is 0 Å². The summed E-state index contributed by atoms with van der Waals surface area (Å²) in [6.45, 7) is 0.101. The van der Waals surface area contributed by atoms with Gasteiger partial charge in [0.2, 0.25) is 0 Å². The SMILES string of the molecule is Cn1cnc2c1c(=O)n(C[C@@H]1CC(c3ccccc3Cl)=NO1)c(=O)n2C. The Morgan fingerprint density at radius 2 is 2.04 bits per heavy atom. The number of nitrogens with zero attached hydrogens (tertiary/aromatic N) is 5. The molecule has 134 valence electrons. The van der Waals surface area contributed by atoms with Crippen LogP contribution in [0.1, 0.15) is 12.0 Å². The summed E-state index contributed by atoms with van der Waals surface area (Å²) in [7, 11) is 3.31. The van der Waals surface area contributed by atoms with Crippen LogP contribution in [0.5, 0.6) is 0 Å². The maximum atomic E-state index is 12.8. The Hall–Kier alpha value is -2.87. The smallest absolute Gasteiger partial charge is 0.332 e. The van der Waals surface area contributed by atoms with Crippen molar-refractivity contribution in [2.75, 3.05) is 0 Å². The lowest BCUT2D eigenvalue weighted by Crippen LogP contribution is -2.42. The number of halogens is 1. The summed E-state index contributed by atoms with van der Waals surface area (Å²) in [5.41, 5.74) is 1.40. The minimum Gasteiger partial charge on any atom is -0.390 e. The van der Waals surface area contributed by atoms with E-state index in [1.807, 2.05) is 18.2 Å². The molecule has 0 radical (unpaired) electrons. The quantitative estimate of drug-likeness (QED) is 0.692. The molecule has 0 fully saturated rings. The van der Waals surface area contributed by atoms with E-state index in [9.17, 15) is 9.59 Å². The van der Waals surface area contributed by atoms with Crippen LogP contribution in [0.3, 0.4) is 0 Å². The minimum absolute atomic E-state index is 0.101. The van der Waals surface area contributed by atoms with E-state index in [0.29, 0.717) is 28.3 Å². The van der Waals surface area contributed by atoms with Gasteiger partial charge in [0.1, 0.15) is 0 Å². The summed E-state index contributed by atoms with van der Waals surface area (Å²) < 4.78 is 4.13. The fourth-order valence-electron chi connectivity index (χ4n) is 3.14. The molecule has 0 spiro atoms. The zero-order chi connectivity index (χ0) is 18.4. The van der Waals surface area contributed by atoms with Gasteiger partial charge in [-0.05, 0) is 6.07 Å². The van der Waals surface area contributed by atoms with Gasteiger partial charge in [-0.2, -0.15) is 0 Å². The number of benzene rings is 1. The summed E-state index contributed by atoms with van der Waals surface area (Å²) >= 11 is 6.20. The molecule has 3 aromatic rings. The van der Waals surface area contributed by atoms with Gasteiger partial charge in [-0.15, -0.1) is 0 Å². The zero-order valence-corrected chi connectivity index (χ0v) is 15.0. The predicted molar refractivity (Wildman–Crippen MR) is 97.7 cm³/mol. The molecule has 9 heteroatoms. The Morgan fingerprint density at radius 3 is 2.81 bits per heavy atom. The molecule has 1 aromatic carbocycles. The lowest BCUT2D eigenvalue weighted by molar-refractivity contribution is 0.0706. The van der Waals surface area contributed by atoms with Gasteiger partial charge < -0.3 is 9.40 Å². The van der Waals surface area contributed by atoms with Gasteiger partial charge in [0.15, 0.2) is 17.3 Å². The molecule has 0 amide bonds. The highest BCUT2D eigenvalue weighted by Gasteiger charge is 2.26. The second-order valence-electron chi connectivity index (χ2n) is 6.23. The molecule has 0 aliphatic carbocycles. The first-order valence-electron chi connectivity index (χ1n) is 8.06. The molecular weight excluding hydrogens is 358 g/mol. The lowest BCUT2D eigenvalue weighted by atomic mass is 10.1. The molecule has 26 heavy (non-hydrogen) atoms. The molecule has 0 bridgehead atoms. The van der Waals surface area contributed by atoms with Crippen LogP contribution in [0.25, 0.3) is 11.2 Å². The van der Waals surface area contributed by atoms with Crippen LogP contribution in [0.15, 0.2) is 45.3 Å². The Labute approximate surface area is 152 Å². The van der Waals surface area contributed by atoms with Crippen LogP contribution < -0.4 is 11.2 Å². The highest BCUT2D eigenvalue weighted by Crippen LogP contribution is 2.23. The summed E-state index contributed by atoms with van der Waals surface area (Å²) in [6.07, 6.45) is 1.56. The lowest BCUT2D eigenvalue weighted by Gasteiger charge is -2.12. The molecule has 2 aromatic heterocycles. The second-order valence-corrected chi connectivity index (χ2v) is 6.64. The molecule has 0 saturated heterocycles. The van der Waals surface area contributed by atoms with E-state index in [-0.39, 0.29) is 6.54 Å². The Morgan fingerprint density at radius 1 is 1.27 bits per heavy atom. The van der Waals surface area contributed by atoms with Crippen molar-refractivity contribution in [2.24, 2.45) is 19.3 Å². The van der Waals surface area contributed by atoms with E-state index in [1.165, 1.54) is 15.5 Å². The summed E-state index contributed by atoms with van der Waals surface area (Å²) in [4.78, 5) is 34.9. The highest BCUT2D eigenvalue weighted by atomic mass is 35.5. The van der Waals surface area contributed by atoms with E-state index in [4.69, 9.17) is 16.4 Å². The van der Waals surface area contributed by atoms with Gasteiger partial charge >= 0.3 is 5.69 Å². The van der Waals surface area contributed by atoms with Gasteiger partial charge in [0.25, 0.3) is 5.56 Å². The van der Waals surface area contributed by atoms with Gasteiger partial charge in [0.05, 0.1) is 18.6 Å². The Balaban J connectivity index is 1.66. The zero-order valence-electron chi connectivity index (χ0n) is 14.2. The van der Waals surface area contributed by atoms with Gasteiger partial charge in [-0.1, -0.05) is 35.0 Å². The summed E-state index contributed by atoms with van der Waals surface area (Å²) in [5, 5.41) is 4.67. The predicted octanol–water partition coefficient (Wildman–Crippen LogP) is 1.28. The summed E-state index contributed by atoms with van der Waals surface area (Å²) in [6, 6.07) is 7.35. The summed E-state index contributed by atoms with van der Waals surface area (Å²) in [5.74, 6) is 0. The largest absolute Gasteiger partial charge is 0.390 e. The maximum absolute atomic E-state index is 12.8.